The number of carbonyl (C=O) groups excluding carboxylic acids is 1. The molecule has 0 bridgehead atoms. The fraction of sp³-hybridized carbons (Fsp3) is 0.650. The molecule has 1 atom stereocenters. The van der Waals surface area contributed by atoms with Crippen LogP contribution in [0.4, 0.5) is 4.39 Å². The van der Waals surface area contributed by atoms with Crippen LogP contribution in [0, 0.1) is 5.82 Å². The van der Waals surface area contributed by atoms with Crippen LogP contribution >= 0.6 is 0 Å². The number of quaternary nitrogens is 1. The SMILES string of the molecule is C[C@@H](C(=O)NC1CCCCCC1)[NH+]1CCN(S(=O)(=O)c2ccc(F)cc2)CC1. The van der Waals surface area contributed by atoms with Gasteiger partial charge in [0.05, 0.1) is 31.1 Å². The lowest BCUT2D eigenvalue weighted by atomic mass is 10.1. The second kappa shape index (κ2) is 9.33. The molecule has 0 spiro atoms. The summed E-state index contributed by atoms with van der Waals surface area (Å²) in [7, 11) is -3.62. The summed E-state index contributed by atoms with van der Waals surface area (Å²) in [6.45, 7) is 3.80. The van der Waals surface area contributed by atoms with Crippen molar-refractivity contribution in [3.8, 4) is 0 Å². The highest BCUT2D eigenvalue weighted by Crippen LogP contribution is 2.18. The molecule has 1 aromatic carbocycles. The first-order valence-electron chi connectivity index (χ1n) is 10.3. The smallest absolute Gasteiger partial charge is 0.278 e. The molecule has 1 saturated heterocycles. The van der Waals surface area contributed by atoms with E-state index in [1.54, 1.807) is 0 Å². The van der Waals surface area contributed by atoms with Crippen LogP contribution in [0.25, 0.3) is 0 Å². The molecular formula is C20H31FN3O3S+. The third-order valence-electron chi connectivity index (χ3n) is 6.02. The average Bonchev–Trinajstić information content (AvgIpc) is 2.96. The van der Waals surface area contributed by atoms with E-state index < -0.39 is 15.8 Å². The Labute approximate surface area is 167 Å². The third-order valence-corrected chi connectivity index (χ3v) is 7.94. The van der Waals surface area contributed by atoms with Gasteiger partial charge in [-0.15, -0.1) is 0 Å². The molecule has 2 fully saturated rings. The number of hydrogen-bond acceptors (Lipinski definition) is 3. The maximum Gasteiger partial charge on any atom is 0.278 e. The highest BCUT2D eigenvalue weighted by atomic mass is 32.2. The van der Waals surface area contributed by atoms with Gasteiger partial charge >= 0.3 is 0 Å². The first kappa shape index (κ1) is 21.2. The number of benzene rings is 1. The number of carbonyl (C=O) groups is 1. The van der Waals surface area contributed by atoms with Crippen molar-refractivity contribution in [2.75, 3.05) is 26.2 Å². The number of sulfonamides is 1. The van der Waals surface area contributed by atoms with Gasteiger partial charge in [-0.05, 0) is 44.0 Å². The van der Waals surface area contributed by atoms with Gasteiger partial charge in [0.1, 0.15) is 5.82 Å². The van der Waals surface area contributed by atoms with E-state index in [-0.39, 0.29) is 22.9 Å². The monoisotopic (exact) mass is 412 g/mol. The Bertz CT molecular complexity index is 753. The lowest BCUT2D eigenvalue weighted by Gasteiger charge is -2.34. The molecular weight excluding hydrogens is 381 g/mol. The number of nitrogens with one attached hydrogen (secondary N) is 2. The highest BCUT2D eigenvalue weighted by molar-refractivity contribution is 7.89. The Morgan fingerprint density at radius 2 is 1.68 bits per heavy atom. The number of nitrogens with zero attached hydrogens (tertiary/aromatic N) is 1. The summed E-state index contributed by atoms with van der Waals surface area (Å²) in [5.41, 5.74) is 0. The Morgan fingerprint density at radius 1 is 1.11 bits per heavy atom. The zero-order valence-corrected chi connectivity index (χ0v) is 17.3. The van der Waals surface area contributed by atoms with Gasteiger partial charge in [-0.2, -0.15) is 4.31 Å². The van der Waals surface area contributed by atoms with Crippen LogP contribution in [0.5, 0.6) is 0 Å². The zero-order chi connectivity index (χ0) is 20.1. The van der Waals surface area contributed by atoms with E-state index in [2.05, 4.69) is 5.32 Å². The molecule has 0 aromatic heterocycles. The van der Waals surface area contributed by atoms with Crippen LogP contribution in [-0.2, 0) is 14.8 Å². The summed E-state index contributed by atoms with van der Waals surface area (Å²) in [5, 5.41) is 3.20. The van der Waals surface area contributed by atoms with E-state index in [9.17, 15) is 17.6 Å². The average molecular weight is 413 g/mol. The Balaban J connectivity index is 1.53. The molecule has 28 heavy (non-hydrogen) atoms. The molecule has 1 aliphatic heterocycles. The number of halogens is 1. The summed E-state index contributed by atoms with van der Waals surface area (Å²) in [6.07, 6.45) is 6.95. The Hall–Kier alpha value is -1.51. The quantitative estimate of drug-likeness (QED) is 0.708. The van der Waals surface area contributed by atoms with E-state index in [4.69, 9.17) is 0 Å². The van der Waals surface area contributed by atoms with Crippen LogP contribution in [0.1, 0.15) is 45.4 Å². The number of piperazine rings is 1. The minimum absolute atomic E-state index is 0.0664. The molecule has 1 aliphatic carbocycles. The van der Waals surface area contributed by atoms with Gasteiger partial charge in [0.2, 0.25) is 10.0 Å². The summed E-state index contributed by atoms with van der Waals surface area (Å²) >= 11 is 0. The predicted molar refractivity (Wildman–Crippen MR) is 105 cm³/mol. The third kappa shape index (κ3) is 5.10. The van der Waals surface area contributed by atoms with Crippen LogP contribution < -0.4 is 10.2 Å². The fourth-order valence-electron chi connectivity index (χ4n) is 4.14. The summed E-state index contributed by atoms with van der Waals surface area (Å²) in [6, 6.07) is 5.00. The van der Waals surface area contributed by atoms with E-state index in [1.807, 2.05) is 6.92 Å². The molecule has 2 N–H and O–H groups in total. The molecule has 8 heteroatoms. The normalized spacial score (nSPS) is 21.8. The molecule has 0 radical (unpaired) electrons. The van der Waals surface area contributed by atoms with Crippen LogP contribution in [-0.4, -0.2) is 56.9 Å². The lowest BCUT2D eigenvalue weighted by Crippen LogP contribution is -3.19. The van der Waals surface area contributed by atoms with Gasteiger partial charge in [0.15, 0.2) is 6.04 Å². The largest absolute Gasteiger partial charge is 0.348 e. The number of rotatable bonds is 5. The Kier molecular flexibility index (Phi) is 7.06. The van der Waals surface area contributed by atoms with Gasteiger partial charge in [0, 0.05) is 6.04 Å². The molecule has 1 amide bonds. The van der Waals surface area contributed by atoms with Gasteiger partial charge < -0.3 is 10.2 Å². The lowest BCUT2D eigenvalue weighted by molar-refractivity contribution is -0.917. The van der Waals surface area contributed by atoms with Gasteiger partial charge in [-0.1, -0.05) is 25.7 Å². The van der Waals surface area contributed by atoms with Crippen LogP contribution in [0.2, 0.25) is 0 Å². The van der Waals surface area contributed by atoms with Crippen molar-refractivity contribution >= 4 is 15.9 Å². The second-order valence-electron chi connectivity index (χ2n) is 7.94. The predicted octanol–water partition coefficient (Wildman–Crippen LogP) is 0.942. The minimum atomic E-state index is -3.62. The summed E-state index contributed by atoms with van der Waals surface area (Å²) in [5.74, 6) is -0.390. The van der Waals surface area contributed by atoms with E-state index in [0.29, 0.717) is 26.2 Å². The number of hydrogen-bond donors (Lipinski definition) is 2. The minimum Gasteiger partial charge on any atom is -0.348 e. The second-order valence-corrected chi connectivity index (χ2v) is 9.87. The fourth-order valence-corrected chi connectivity index (χ4v) is 5.58. The highest BCUT2D eigenvalue weighted by Gasteiger charge is 2.34. The summed E-state index contributed by atoms with van der Waals surface area (Å²) in [4.78, 5) is 13.9. The first-order chi connectivity index (χ1) is 13.4. The first-order valence-corrected chi connectivity index (χ1v) is 11.7. The zero-order valence-electron chi connectivity index (χ0n) is 16.5. The standard InChI is InChI=1S/C20H30FN3O3S/c1-16(20(25)22-18-6-4-2-3-5-7-18)23-12-14-24(15-13-23)28(26,27)19-10-8-17(21)9-11-19/h8-11,16,18H,2-7,12-15H2,1H3,(H,22,25)/p+1/t16-/m0/s1. The maximum absolute atomic E-state index is 13.1. The van der Waals surface area contributed by atoms with Crippen molar-refractivity contribution in [1.82, 2.24) is 9.62 Å². The molecule has 0 unspecified atom stereocenters. The molecule has 1 aromatic rings. The molecule has 2 aliphatic rings. The molecule has 1 heterocycles. The van der Waals surface area contributed by atoms with Crippen molar-refractivity contribution in [3.05, 3.63) is 30.1 Å². The van der Waals surface area contributed by atoms with Gasteiger partial charge in [-0.25, -0.2) is 12.8 Å². The van der Waals surface area contributed by atoms with Crippen molar-refractivity contribution in [3.63, 3.8) is 0 Å². The molecule has 1 saturated carbocycles. The van der Waals surface area contributed by atoms with Gasteiger partial charge in [-0.3, -0.25) is 4.79 Å². The number of amides is 1. The van der Waals surface area contributed by atoms with E-state index >= 15 is 0 Å². The van der Waals surface area contributed by atoms with E-state index in [0.717, 1.165) is 29.9 Å². The molecule has 3 rings (SSSR count). The van der Waals surface area contributed by atoms with Crippen molar-refractivity contribution in [1.29, 1.82) is 0 Å². The van der Waals surface area contributed by atoms with Crippen molar-refractivity contribution in [2.24, 2.45) is 0 Å². The maximum atomic E-state index is 13.1. The summed E-state index contributed by atoms with van der Waals surface area (Å²) < 4.78 is 39.9. The topological polar surface area (TPSA) is 70.9 Å². The van der Waals surface area contributed by atoms with Crippen molar-refractivity contribution in [2.45, 2.75) is 62.4 Å². The van der Waals surface area contributed by atoms with Crippen molar-refractivity contribution < 1.29 is 22.5 Å². The molecule has 156 valence electrons. The Morgan fingerprint density at radius 3 is 2.25 bits per heavy atom. The van der Waals surface area contributed by atoms with Crippen LogP contribution in [0.3, 0.4) is 0 Å². The van der Waals surface area contributed by atoms with Crippen LogP contribution in [0.15, 0.2) is 29.2 Å². The van der Waals surface area contributed by atoms with E-state index in [1.165, 1.54) is 42.1 Å². The molecule has 6 nitrogen and oxygen atoms in total. The van der Waals surface area contributed by atoms with Gasteiger partial charge in [0.25, 0.3) is 5.91 Å².